The largest absolute Gasteiger partial charge is 0.455 e. The molecule has 0 saturated carbocycles. The van der Waals surface area contributed by atoms with E-state index in [1.165, 1.54) is 9.80 Å². The Morgan fingerprint density at radius 3 is 2.35 bits per heavy atom. The van der Waals surface area contributed by atoms with E-state index in [4.69, 9.17) is 21.1 Å². The lowest BCUT2D eigenvalue weighted by Gasteiger charge is -2.40. The molecule has 3 amide bonds. The molecule has 3 aliphatic heterocycles. The molecule has 3 fully saturated rings. The van der Waals surface area contributed by atoms with Gasteiger partial charge in [-0.25, -0.2) is 0 Å². The standard InChI is InChI=1S/C42H45BrClN3O7/c1-5-7-21-32(49)45-26(4)36(28-18-12-9-13-19-28)53-41(52)33-34-39(50)47(31(24-48)27-16-10-8-11-17-27)38(42(34)23-29(43)37(33)54-42)40(51)46(22-6-2)35-25(3)15-14-20-30(35)44/h5-6,8-20,26,29,31,33-34,36-38,48H,1-2,7,21-24H2,3-4H3,(H,45,49)/t26-,29?,31+,33-,34+,36-,37-,38-,42+/m0/s1. The smallest absolute Gasteiger partial charge is 0.313 e. The lowest BCUT2D eigenvalue weighted by molar-refractivity contribution is -0.162. The number of carbonyl (C=O) groups excluding carboxylic acids is 4. The number of alkyl halides is 1. The Balaban J connectivity index is 1.43. The summed E-state index contributed by atoms with van der Waals surface area (Å²) in [5.41, 5.74) is 0.994. The van der Waals surface area contributed by atoms with E-state index >= 15 is 9.59 Å². The van der Waals surface area contributed by atoms with Crippen molar-refractivity contribution in [3.05, 3.63) is 126 Å². The first-order chi connectivity index (χ1) is 26.0. The number of anilines is 1. The summed E-state index contributed by atoms with van der Waals surface area (Å²) in [6.07, 6.45) is 2.48. The monoisotopic (exact) mass is 817 g/mol. The summed E-state index contributed by atoms with van der Waals surface area (Å²) in [6.45, 7) is 10.8. The third kappa shape index (κ3) is 7.14. The number of rotatable bonds is 15. The molecule has 1 unspecified atom stereocenters. The molecule has 54 heavy (non-hydrogen) atoms. The van der Waals surface area contributed by atoms with E-state index in [2.05, 4.69) is 34.4 Å². The highest BCUT2D eigenvalue weighted by atomic mass is 79.9. The lowest BCUT2D eigenvalue weighted by Crippen LogP contribution is -2.57. The first kappa shape index (κ1) is 39.4. The number of allylic oxidation sites excluding steroid dienone is 1. The van der Waals surface area contributed by atoms with Gasteiger partial charge >= 0.3 is 5.97 Å². The van der Waals surface area contributed by atoms with E-state index in [1.807, 2.05) is 49.4 Å². The summed E-state index contributed by atoms with van der Waals surface area (Å²) in [7, 11) is 0. The van der Waals surface area contributed by atoms with Gasteiger partial charge in [-0.1, -0.05) is 112 Å². The molecule has 3 aromatic carbocycles. The Labute approximate surface area is 329 Å². The van der Waals surface area contributed by atoms with Gasteiger partial charge in [-0.3, -0.25) is 19.2 Å². The maximum atomic E-state index is 15.3. The molecule has 284 valence electrons. The molecule has 0 aliphatic carbocycles. The summed E-state index contributed by atoms with van der Waals surface area (Å²) in [4.78, 5) is 60.3. The van der Waals surface area contributed by atoms with Crippen LogP contribution in [0.4, 0.5) is 5.69 Å². The van der Waals surface area contributed by atoms with Gasteiger partial charge < -0.3 is 29.7 Å². The van der Waals surface area contributed by atoms with Crippen molar-refractivity contribution in [1.29, 1.82) is 0 Å². The quantitative estimate of drug-likeness (QED) is 0.103. The molecular weight excluding hydrogens is 774 g/mol. The van der Waals surface area contributed by atoms with E-state index in [0.29, 0.717) is 28.3 Å². The molecule has 9 atom stereocenters. The van der Waals surface area contributed by atoms with Gasteiger partial charge in [0.1, 0.15) is 17.7 Å². The van der Waals surface area contributed by atoms with Crippen LogP contribution in [0.5, 0.6) is 0 Å². The van der Waals surface area contributed by atoms with E-state index < -0.39 is 77.0 Å². The second-order valence-corrected chi connectivity index (χ2v) is 15.7. The van der Waals surface area contributed by atoms with Gasteiger partial charge in [0.15, 0.2) is 0 Å². The number of ether oxygens (including phenoxy) is 2. The van der Waals surface area contributed by atoms with Crippen molar-refractivity contribution in [1.82, 2.24) is 10.2 Å². The second kappa shape index (κ2) is 16.6. The maximum absolute atomic E-state index is 15.3. The van der Waals surface area contributed by atoms with Gasteiger partial charge in [0.25, 0.3) is 5.91 Å². The van der Waals surface area contributed by atoms with Gasteiger partial charge in [0.05, 0.1) is 47.3 Å². The summed E-state index contributed by atoms with van der Waals surface area (Å²) < 4.78 is 13.1. The topological polar surface area (TPSA) is 125 Å². The minimum absolute atomic E-state index is 0.0691. The van der Waals surface area contributed by atoms with Crippen LogP contribution in [0, 0.1) is 18.8 Å². The van der Waals surface area contributed by atoms with E-state index in [0.717, 1.165) is 5.56 Å². The number of nitrogens with one attached hydrogen (secondary N) is 1. The predicted molar refractivity (Wildman–Crippen MR) is 210 cm³/mol. The van der Waals surface area contributed by atoms with Crippen LogP contribution in [0.25, 0.3) is 0 Å². The predicted octanol–water partition coefficient (Wildman–Crippen LogP) is 6.40. The zero-order valence-corrected chi connectivity index (χ0v) is 32.6. The zero-order valence-electron chi connectivity index (χ0n) is 30.3. The normalized spacial score (nSPS) is 25.7. The fourth-order valence-corrected chi connectivity index (χ4v) is 9.72. The summed E-state index contributed by atoms with van der Waals surface area (Å²) in [5, 5.41) is 14.2. The zero-order chi connectivity index (χ0) is 38.7. The number of likely N-dealkylation sites (tertiary alicyclic amines) is 1. The minimum atomic E-state index is -1.47. The van der Waals surface area contributed by atoms with Crippen LogP contribution in [0.2, 0.25) is 5.02 Å². The molecule has 1 spiro atoms. The summed E-state index contributed by atoms with van der Waals surface area (Å²) in [6, 6.07) is 20.6. The van der Waals surface area contributed by atoms with Crippen molar-refractivity contribution < 1.29 is 33.8 Å². The van der Waals surface area contributed by atoms with Crippen LogP contribution in [0.15, 0.2) is 104 Å². The van der Waals surface area contributed by atoms with Crippen LogP contribution in [0.1, 0.15) is 55.0 Å². The first-order valence-electron chi connectivity index (χ1n) is 18.1. The van der Waals surface area contributed by atoms with Gasteiger partial charge in [0, 0.05) is 17.8 Å². The first-order valence-corrected chi connectivity index (χ1v) is 19.4. The van der Waals surface area contributed by atoms with Crippen LogP contribution in [-0.4, -0.2) is 75.5 Å². The average Bonchev–Trinajstić information content (AvgIpc) is 3.76. The number of benzene rings is 3. The molecule has 3 aliphatic rings. The fourth-order valence-electron chi connectivity index (χ4n) is 8.45. The Morgan fingerprint density at radius 2 is 1.74 bits per heavy atom. The molecular formula is C42H45BrClN3O7. The molecule has 3 heterocycles. The number of esters is 1. The number of aliphatic hydroxyl groups is 1. The minimum Gasteiger partial charge on any atom is -0.455 e. The van der Waals surface area contributed by atoms with E-state index in [1.54, 1.807) is 55.5 Å². The molecule has 3 saturated heterocycles. The molecule has 0 radical (unpaired) electrons. The number of hydrogen-bond donors (Lipinski definition) is 2. The highest BCUT2D eigenvalue weighted by molar-refractivity contribution is 9.09. The van der Waals surface area contributed by atoms with Crippen LogP contribution in [0.3, 0.4) is 0 Å². The number of nitrogens with zero attached hydrogens (tertiary/aromatic N) is 2. The van der Waals surface area contributed by atoms with E-state index in [-0.39, 0.29) is 25.3 Å². The Hall–Kier alpha value is -4.29. The second-order valence-electron chi connectivity index (χ2n) is 14.1. The number of para-hydroxylation sites is 1. The van der Waals surface area contributed by atoms with Crippen molar-refractivity contribution >= 4 is 56.9 Å². The van der Waals surface area contributed by atoms with Crippen molar-refractivity contribution in [2.75, 3.05) is 18.1 Å². The van der Waals surface area contributed by atoms with Gasteiger partial charge in [-0.15, -0.1) is 13.2 Å². The summed E-state index contributed by atoms with van der Waals surface area (Å²) >= 11 is 10.5. The number of hydrogen-bond acceptors (Lipinski definition) is 7. The number of carbonyl (C=O) groups is 4. The molecule has 6 rings (SSSR count). The molecule has 12 heteroatoms. The van der Waals surface area contributed by atoms with Gasteiger partial charge in [0.2, 0.25) is 11.8 Å². The highest BCUT2D eigenvalue weighted by Gasteiger charge is 2.78. The molecule has 2 bridgehead atoms. The molecule has 2 N–H and O–H groups in total. The van der Waals surface area contributed by atoms with Crippen molar-refractivity contribution in [2.24, 2.45) is 11.8 Å². The van der Waals surface area contributed by atoms with Crippen LogP contribution in [-0.2, 0) is 28.7 Å². The third-order valence-electron chi connectivity index (χ3n) is 10.8. The van der Waals surface area contributed by atoms with Gasteiger partial charge in [-0.2, -0.15) is 0 Å². The number of fused-ring (bicyclic) bond motifs is 1. The molecule has 0 aromatic heterocycles. The highest BCUT2D eigenvalue weighted by Crippen LogP contribution is 2.62. The fraction of sp³-hybridized carbons (Fsp3) is 0.381. The van der Waals surface area contributed by atoms with Crippen LogP contribution >= 0.6 is 27.5 Å². The summed E-state index contributed by atoms with van der Waals surface area (Å²) in [5.74, 6) is -4.14. The Morgan fingerprint density at radius 1 is 1.07 bits per heavy atom. The number of amides is 3. The van der Waals surface area contributed by atoms with E-state index in [9.17, 15) is 14.7 Å². The SMILES string of the molecule is C=CCCC(=O)N[C@@H](C)[C@H](OC(=O)[C@@H]1[C@H]2O[C@@]3(CC2Br)[C@H](C(=O)N(CC=C)c2c(C)cccc2Cl)N([C@H](CO)c2ccccc2)C(=O)[C@@H]13)c1ccccc1. The lowest BCUT2D eigenvalue weighted by atomic mass is 9.70. The van der Waals surface area contributed by atoms with Crippen molar-refractivity contribution in [2.45, 2.75) is 73.9 Å². The molecule has 10 nitrogen and oxygen atoms in total. The number of aryl methyl sites for hydroxylation is 1. The molecule has 3 aromatic rings. The van der Waals surface area contributed by atoms with Crippen molar-refractivity contribution in [3.8, 4) is 0 Å². The van der Waals surface area contributed by atoms with Crippen LogP contribution < -0.4 is 10.2 Å². The van der Waals surface area contributed by atoms with Gasteiger partial charge in [-0.05, 0) is 49.4 Å². The van der Waals surface area contributed by atoms with Crippen molar-refractivity contribution in [3.63, 3.8) is 0 Å². The Kier molecular flexibility index (Phi) is 12.1. The maximum Gasteiger partial charge on any atom is 0.313 e. The number of aliphatic hydroxyl groups excluding tert-OH is 1. The average molecular weight is 819 g/mol. The number of halogens is 2. The Bertz CT molecular complexity index is 1880. The third-order valence-corrected chi connectivity index (χ3v) is 11.9.